The molecule has 0 spiro atoms. The van der Waals surface area contributed by atoms with Crippen molar-refractivity contribution in [1.82, 2.24) is 0 Å². The summed E-state index contributed by atoms with van der Waals surface area (Å²) in [6.07, 6.45) is 0. The van der Waals surface area contributed by atoms with Crippen molar-refractivity contribution in [3.05, 3.63) is 41.1 Å². The van der Waals surface area contributed by atoms with Gasteiger partial charge in [-0.15, -0.1) is 0 Å². The van der Waals surface area contributed by atoms with Crippen LogP contribution in [-0.4, -0.2) is 7.05 Å². The molecule has 0 saturated carbocycles. The van der Waals surface area contributed by atoms with Crippen molar-refractivity contribution in [3.63, 3.8) is 0 Å². The van der Waals surface area contributed by atoms with Gasteiger partial charge in [-0.1, -0.05) is 12.6 Å². The zero-order valence-corrected chi connectivity index (χ0v) is 9.81. The molecule has 0 saturated heterocycles. The summed E-state index contributed by atoms with van der Waals surface area (Å²) >= 11 is 0. The number of nitrogens with zero attached hydrogens (tertiary/aromatic N) is 1. The van der Waals surface area contributed by atoms with Crippen molar-refractivity contribution in [2.24, 2.45) is 0 Å². The van der Waals surface area contributed by atoms with Crippen LogP contribution >= 0.6 is 0 Å². The summed E-state index contributed by atoms with van der Waals surface area (Å²) in [5, 5.41) is 0. The lowest BCUT2D eigenvalue weighted by Crippen LogP contribution is -2.14. The molecule has 0 radical (unpaired) electrons. The zero-order chi connectivity index (χ0) is 10.9. The Labute approximate surface area is 87.1 Å². The first-order chi connectivity index (χ1) is 6.43. The fourth-order valence-corrected chi connectivity index (χ4v) is 1.51. The van der Waals surface area contributed by atoms with Crippen molar-refractivity contribution in [1.29, 1.82) is 0 Å². The molecule has 1 nitrogen and oxygen atoms in total. The highest BCUT2D eigenvalue weighted by molar-refractivity contribution is 5.59. The van der Waals surface area contributed by atoms with Crippen LogP contribution in [0.3, 0.4) is 0 Å². The molecule has 0 unspecified atom stereocenters. The standard InChI is InChI=1S/C13H19N/c1-9(2)14(6)13-8-11(4)10(3)7-12(13)5/h7-8H,1H2,2-6H3. The second-order valence-electron chi connectivity index (χ2n) is 4.02. The highest BCUT2D eigenvalue weighted by Crippen LogP contribution is 2.24. The van der Waals surface area contributed by atoms with Crippen molar-refractivity contribution in [2.45, 2.75) is 27.7 Å². The van der Waals surface area contributed by atoms with E-state index in [9.17, 15) is 0 Å². The van der Waals surface area contributed by atoms with E-state index in [0.29, 0.717) is 0 Å². The smallest absolute Gasteiger partial charge is 0.0437 e. The molecular weight excluding hydrogens is 170 g/mol. The summed E-state index contributed by atoms with van der Waals surface area (Å²) < 4.78 is 0. The Kier molecular flexibility index (Phi) is 3.00. The number of allylic oxidation sites excluding steroid dienone is 1. The molecule has 0 amide bonds. The third-order valence-electron chi connectivity index (χ3n) is 2.75. The van der Waals surface area contributed by atoms with Crippen LogP contribution in [0, 0.1) is 20.8 Å². The van der Waals surface area contributed by atoms with E-state index in [0.717, 1.165) is 5.70 Å². The van der Waals surface area contributed by atoms with Gasteiger partial charge in [0.15, 0.2) is 0 Å². The maximum absolute atomic E-state index is 3.95. The topological polar surface area (TPSA) is 3.24 Å². The van der Waals surface area contributed by atoms with Gasteiger partial charge in [-0.2, -0.15) is 0 Å². The van der Waals surface area contributed by atoms with Gasteiger partial charge in [-0.25, -0.2) is 0 Å². The Hall–Kier alpha value is -1.24. The van der Waals surface area contributed by atoms with Crippen LogP contribution in [0.15, 0.2) is 24.4 Å². The molecule has 1 heteroatoms. The monoisotopic (exact) mass is 189 g/mol. The summed E-state index contributed by atoms with van der Waals surface area (Å²) in [5.74, 6) is 0. The van der Waals surface area contributed by atoms with E-state index < -0.39 is 0 Å². The maximum atomic E-state index is 3.95. The molecule has 14 heavy (non-hydrogen) atoms. The Morgan fingerprint density at radius 3 is 2.07 bits per heavy atom. The van der Waals surface area contributed by atoms with E-state index in [1.54, 1.807) is 0 Å². The molecule has 0 aliphatic carbocycles. The van der Waals surface area contributed by atoms with Gasteiger partial charge in [-0.05, 0) is 50.5 Å². The lowest BCUT2D eigenvalue weighted by Gasteiger charge is -2.22. The highest BCUT2D eigenvalue weighted by Gasteiger charge is 2.06. The number of aryl methyl sites for hydroxylation is 3. The number of hydrogen-bond acceptors (Lipinski definition) is 1. The minimum absolute atomic E-state index is 1.07. The summed E-state index contributed by atoms with van der Waals surface area (Å²) in [4.78, 5) is 2.13. The average Bonchev–Trinajstić information content (AvgIpc) is 2.10. The summed E-state index contributed by atoms with van der Waals surface area (Å²) in [6, 6.07) is 4.45. The molecule has 0 fully saturated rings. The third kappa shape index (κ3) is 1.98. The van der Waals surface area contributed by atoms with E-state index in [4.69, 9.17) is 0 Å². The SMILES string of the molecule is C=C(C)N(C)c1cc(C)c(C)cc1C. The molecule has 0 N–H and O–H groups in total. The van der Waals surface area contributed by atoms with Crippen LogP contribution in [-0.2, 0) is 0 Å². The van der Waals surface area contributed by atoms with Gasteiger partial charge >= 0.3 is 0 Å². The van der Waals surface area contributed by atoms with Crippen LogP contribution in [0.4, 0.5) is 5.69 Å². The minimum Gasteiger partial charge on any atom is -0.349 e. The largest absolute Gasteiger partial charge is 0.349 e. The first kappa shape index (κ1) is 10.8. The number of benzene rings is 1. The van der Waals surface area contributed by atoms with Gasteiger partial charge in [0.05, 0.1) is 0 Å². The van der Waals surface area contributed by atoms with Gasteiger partial charge in [0, 0.05) is 18.4 Å². The summed E-state index contributed by atoms with van der Waals surface area (Å²) in [5.41, 5.74) is 6.30. The fourth-order valence-electron chi connectivity index (χ4n) is 1.51. The summed E-state index contributed by atoms with van der Waals surface area (Å²) in [7, 11) is 2.06. The van der Waals surface area contributed by atoms with Crippen molar-refractivity contribution in [2.75, 3.05) is 11.9 Å². The Balaban J connectivity index is 3.22. The van der Waals surface area contributed by atoms with Crippen LogP contribution in [0.2, 0.25) is 0 Å². The van der Waals surface area contributed by atoms with Gasteiger partial charge < -0.3 is 4.90 Å². The maximum Gasteiger partial charge on any atom is 0.0437 e. The number of rotatable bonds is 2. The van der Waals surface area contributed by atoms with E-state index in [2.05, 4.69) is 51.4 Å². The van der Waals surface area contributed by atoms with Crippen molar-refractivity contribution >= 4 is 5.69 Å². The Morgan fingerprint density at radius 1 is 1.07 bits per heavy atom. The number of hydrogen-bond donors (Lipinski definition) is 0. The third-order valence-corrected chi connectivity index (χ3v) is 2.75. The van der Waals surface area contributed by atoms with Crippen molar-refractivity contribution in [3.8, 4) is 0 Å². The van der Waals surface area contributed by atoms with Gasteiger partial charge in [-0.3, -0.25) is 0 Å². The molecule has 1 aromatic rings. The van der Waals surface area contributed by atoms with Crippen LogP contribution in [0.25, 0.3) is 0 Å². The predicted molar refractivity (Wildman–Crippen MR) is 63.9 cm³/mol. The lowest BCUT2D eigenvalue weighted by molar-refractivity contribution is 1.08. The molecule has 0 aliphatic heterocycles. The van der Waals surface area contributed by atoms with E-state index in [1.165, 1.54) is 22.4 Å². The zero-order valence-electron chi connectivity index (χ0n) is 9.81. The predicted octanol–water partition coefficient (Wildman–Crippen LogP) is 3.58. The normalized spacial score (nSPS) is 10.1. The van der Waals surface area contributed by atoms with Gasteiger partial charge in [0.1, 0.15) is 0 Å². The second-order valence-corrected chi connectivity index (χ2v) is 4.02. The molecule has 0 bridgehead atoms. The van der Waals surface area contributed by atoms with Crippen molar-refractivity contribution < 1.29 is 0 Å². The molecule has 1 aromatic carbocycles. The average molecular weight is 189 g/mol. The van der Waals surface area contributed by atoms with Crippen LogP contribution in [0.5, 0.6) is 0 Å². The van der Waals surface area contributed by atoms with Crippen LogP contribution in [0.1, 0.15) is 23.6 Å². The van der Waals surface area contributed by atoms with Gasteiger partial charge in [0.25, 0.3) is 0 Å². The fraction of sp³-hybridized carbons (Fsp3) is 0.385. The molecule has 0 aromatic heterocycles. The number of anilines is 1. The minimum atomic E-state index is 1.07. The molecular formula is C13H19N. The molecule has 0 atom stereocenters. The van der Waals surface area contributed by atoms with E-state index >= 15 is 0 Å². The quantitative estimate of drug-likeness (QED) is 0.687. The molecule has 0 heterocycles. The second kappa shape index (κ2) is 3.87. The van der Waals surface area contributed by atoms with E-state index in [-0.39, 0.29) is 0 Å². The summed E-state index contributed by atoms with van der Waals surface area (Å²) in [6.45, 7) is 12.4. The Morgan fingerprint density at radius 2 is 1.57 bits per heavy atom. The van der Waals surface area contributed by atoms with Crippen LogP contribution < -0.4 is 4.90 Å². The van der Waals surface area contributed by atoms with E-state index in [1.807, 2.05) is 6.92 Å². The highest BCUT2D eigenvalue weighted by atomic mass is 15.1. The molecule has 1 rings (SSSR count). The Bertz CT molecular complexity index is 364. The first-order valence-electron chi connectivity index (χ1n) is 4.90. The lowest BCUT2D eigenvalue weighted by atomic mass is 10.0. The molecule has 76 valence electrons. The molecule has 0 aliphatic rings. The van der Waals surface area contributed by atoms with Gasteiger partial charge in [0.2, 0.25) is 0 Å². The first-order valence-corrected chi connectivity index (χ1v) is 4.90.